The van der Waals surface area contributed by atoms with Crippen LogP contribution in [0.2, 0.25) is 4.34 Å². The highest BCUT2D eigenvalue weighted by Gasteiger charge is 2.43. The molecule has 0 radical (unpaired) electrons. The molecule has 2 heterocycles. The van der Waals surface area contributed by atoms with Gasteiger partial charge in [-0.25, -0.2) is 9.69 Å². The molecule has 1 aliphatic heterocycles. The third-order valence-corrected chi connectivity index (χ3v) is 5.41. The molecule has 1 aromatic carbocycles. The first kappa shape index (κ1) is 17.9. The quantitative estimate of drug-likeness (QED) is 0.741. The molecule has 0 spiro atoms. The van der Waals surface area contributed by atoms with E-state index >= 15 is 0 Å². The molecule has 25 heavy (non-hydrogen) atoms. The summed E-state index contributed by atoms with van der Waals surface area (Å²) in [6.07, 6.45) is 0. The van der Waals surface area contributed by atoms with Crippen molar-refractivity contribution in [2.45, 2.75) is 26.4 Å². The fourth-order valence-corrected chi connectivity index (χ4v) is 4.06. The van der Waals surface area contributed by atoms with Crippen molar-refractivity contribution in [3.63, 3.8) is 0 Å². The summed E-state index contributed by atoms with van der Waals surface area (Å²) in [5, 5.41) is 0. The smallest absolute Gasteiger partial charge is 0.283 e. The zero-order valence-corrected chi connectivity index (χ0v) is 16.0. The molecule has 3 rings (SSSR count). The Balaban J connectivity index is 1.72. The Labute approximate surface area is 156 Å². The molecular formula is C18H20ClN3O2S. The molecule has 2 aromatic rings. The molecule has 0 aliphatic carbocycles. The van der Waals surface area contributed by atoms with Crippen molar-refractivity contribution in [1.82, 2.24) is 9.80 Å². The van der Waals surface area contributed by atoms with Crippen LogP contribution in [0.4, 0.5) is 10.5 Å². The lowest BCUT2D eigenvalue weighted by Gasteiger charge is -2.23. The Morgan fingerprint density at radius 3 is 2.44 bits per heavy atom. The number of urea groups is 1. The first-order valence-corrected chi connectivity index (χ1v) is 9.20. The summed E-state index contributed by atoms with van der Waals surface area (Å²) < 4.78 is 0.732. The number of hydrogen-bond acceptors (Lipinski definition) is 4. The third-order valence-electron chi connectivity index (χ3n) is 4.20. The fraction of sp³-hybridized carbons (Fsp3) is 0.333. The highest BCUT2D eigenvalue weighted by Crippen LogP contribution is 2.27. The largest absolute Gasteiger partial charge is 0.333 e. The van der Waals surface area contributed by atoms with E-state index in [9.17, 15) is 9.59 Å². The van der Waals surface area contributed by atoms with Crippen molar-refractivity contribution in [1.29, 1.82) is 0 Å². The molecule has 0 bridgehead atoms. The van der Waals surface area contributed by atoms with Gasteiger partial charge in [0.15, 0.2) is 0 Å². The van der Waals surface area contributed by atoms with Gasteiger partial charge in [0.05, 0.1) is 11.0 Å². The summed E-state index contributed by atoms with van der Waals surface area (Å²) in [5.74, 6) is -0.179. The second-order valence-corrected chi connectivity index (χ2v) is 8.09. The molecule has 7 heteroatoms. The molecular weight excluding hydrogens is 358 g/mol. The van der Waals surface area contributed by atoms with E-state index < -0.39 is 6.04 Å². The second-order valence-electron chi connectivity index (χ2n) is 6.29. The number of carbonyl (C=O) groups excluding carboxylic acids is 2. The zero-order chi connectivity index (χ0) is 18.1. The van der Waals surface area contributed by atoms with Crippen molar-refractivity contribution in [2.75, 3.05) is 18.6 Å². The molecule has 1 fully saturated rings. The summed E-state index contributed by atoms with van der Waals surface area (Å²) >= 11 is 7.45. The molecule has 1 aromatic heterocycles. The SMILES string of the molecule is Cc1ccc(N2C(=O)N(CN(C)Cc3ccc(Cl)s3)C(=O)[C@@H]2C)cc1. The number of benzene rings is 1. The number of anilines is 1. The van der Waals surface area contributed by atoms with Gasteiger partial charge >= 0.3 is 6.03 Å². The summed E-state index contributed by atoms with van der Waals surface area (Å²) in [6.45, 7) is 4.63. The standard InChI is InChI=1S/C18H20ClN3O2S/c1-12-4-6-14(7-5-12)22-13(2)17(23)21(18(22)24)11-20(3)10-15-8-9-16(19)25-15/h4-9,13H,10-11H2,1-3H3/t13-/m0/s1. The lowest BCUT2D eigenvalue weighted by Crippen LogP contribution is -2.40. The first-order chi connectivity index (χ1) is 11.9. The summed E-state index contributed by atoms with van der Waals surface area (Å²) in [4.78, 5) is 31.3. The number of nitrogens with zero attached hydrogens (tertiary/aromatic N) is 3. The lowest BCUT2D eigenvalue weighted by molar-refractivity contribution is -0.128. The van der Waals surface area contributed by atoms with Crippen molar-refractivity contribution in [2.24, 2.45) is 0 Å². The second kappa shape index (κ2) is 7.15. The van der Waals surface area contributed by atoms with Gasteiger partial charge in [0, 0.05) is 17.1 Å². The minimum absolute atomic E-state index is 0.179. The summed E-state index contributed by atoms with van der Waals surface area (Å²) in [7, 11) is 1.88. The van der Waals surface area contributed by atoms with Crippen LogP contribution in [0.1, 0.15) is 17.4 Å². The first-order valence-electron chi connectivity index (χ1n) is 8.01. The van der Waals surface area contributed by atoms with Crippen LogP contribution >= 0.6 is 22.9 Å². The van der Waals surface area contributed by atoms with Crippen molar-refractivity contribution < 1.29 is 9.59 Å². The number of thiophene rings is 1. The predicted molar refractivity (Wildman–Crippen MR) is 101 cm³/mol. The fourth-order valence-electron chi connectivity index (χ4n) is 2.89. The molecule has 1 atom stereocenters. The average molecular weight is 378 g/mol. The number of amides is 3. The van der Waals surface area contributed by atoms with Crippen LogP contribution in [0.5, 0.6) is 0 Å². The average Bonchev–Trinajstić information content (AvgIpc) is 3.06. The number of imide groups is 1. The maximum Gasteiger partial charge on any atom is 0.333 e. The van der Waals surface area contributed by atoms with Gasteiger partial charge < -0.3 is 0 Å². The molecule has 1 aliphatic rings. The van der Waals surface area contributed by atoms with Gasteiger partial charge in [-0.15, -0.1) is 11.3 Å². The third kappa shape index (κ3) is 3.71. The van der Waals surface area contributed by atoms with Crippen LogP contribution < -0.4 is 4.90 Å². The lowest BCUT2D eigenvalue weighted by atomic mass is 10.2. The minimum Gasteiger partial charge on any atom is -0.283 e. The number of halogens is 1. The van der Waals surface area contributed by atoms with E-state index in [0.717, 1.165) is 20.5 Å². The van der Waals surface area contributed by atoms with Crippen LogP contribution in [0.25, 0.3) is 0 Å². The van der Waals surface area contributed by atoms with E-state index in [-0.39, 0.29) is 18.6 Å². The van der Waals surface area contributed by atoms with Crippen molar-refractivity contribution in [3.8, 4) is 0 Å². The van der Waals surface area contributed by atoms with Crippen molar-refractivity contribution >= 4 is 40.6 Å². The predicted octanol–water partition coefficient (Wildman–Crippen LogP) is 3.96. The molecule has 132 valence electrons. The van der Waals surface area contributed by atoms with Gasteiger partial charge in [0.25, 0.3) is 5.91 Å². The van der Waals surface area contributed by atoms with E-state index in [0.29, 0.717) is 6.54 Å². The molecule has 0 saturated carbocycles. The Morgan fingerprint density at radius 2 is 1.84 bits per heavy atom. The normalized spacial score (nSPS) is 17.9. The Bertz CT molecular complexity index is 790. The Kier molecular flexibility index (Phi) is 5.13. The Morgan fingerprint density at radius 1 is 1.16 bits per heavy atom. The van der Waals surface area contributed by atoms with Crippen LogP contribution in [0.3, 0.4) is 0 Å². The van der Waals surface area contributed by atoms with E-state index in [1.54, 1.807) is 11.8 Å². The van der Waals surface area contributed by atoms with Gasteiger partial charge in [-0.2, -0.15) is 0 Å². The number of hydrogen-bond donors (Lipinski definition) is 0. The van der Waals surface area contributed by atoms with E-state index in [4.69, 9.17) is 11.6 Å². The molecule has 5 nitrogen and oxygen atoms in total. The number of rotatable bonds is 5. The van der Waals surface area contributed by atoms with Gasteiger partial charge in [-0.05, 0) is 45.2 Å². The van der Waals surface area contributed by atoms with Gasteiger partial charge in [0.1, 0.15) is 6.04 Å². The monoisotopic (exact) mass is 377 g/mol. The molecule has 0 N–H and O–H groups in total. The van der Waals surface area contributed by atoms with Gasteiger partial charge in [-0.3, -0.25) is 14.6 Å². The molecule has 0 unspecified atom stereocenters. The van der Waals surface area contributed by atoms with Crippen LogP contribution in [0.15, 0.2) is 36.4 Å². The number of aryl methyl sites for hydroxylation is 1. The topological polar surface area (TPSA) is 43.9 Å². The van der Waals surface area contributed by atoms with Crippen LogP contribution in [0, 0.1) is 6.92 Å². The maximum absolute atomic E-state index is 12.8. The molecule has 3 amide bonds. The van der Waals surface area contributed by atoms with E-state index in [1.165, 1.54) is 16.2 Å². The van der Waals surface area contributed by atoms with Crippen LogP contribution in [-0.2, 0) is 11.3 Å². The Hall–Kier alpha value is -1.89. The van der Waals surface area contributed by atoms with Crippen molar-refractivity contribution in [3.05, 3.63) is 51.2 Å². The summed E-state index contributed by atoms with van der Waals surface area (Å²) in [5.41, 5.74) is 1.85. The van der Waals surface area contributed by atoms with E-state index in [1.807, 2.05) is 55.3 Å². The maximum atomic E-state index is 12.8. The number of carbonyl (C=O) groups is 2. The highest BCUT2D eigenvalue weighted by atomic mass is 35.5. The summed E-state index contributed by atoms with van der Waals surface area (Å²) in [6, 6.07) is 10.7. The van der Waals surface area contributed by atoms with Gasteiger partial charge in [-0.1, -0.05) is 29.3 Å². The molecule has 1 saturated heterocycles. The highest BCUT2D eigenvalue weighted by molar-refractivity contribution is 7.16. The van der Waals surface area contributed by atoms with Gasteiger partial charge in [0.2, 0.25) is 0 Å². The minimum atomic E-state index is -0.500. The van der Waals surface area contributed by atoms with Crippen LogP contribution in [-0.4, -0.2) is 41.5 Å². The zero-order valence-electron chi connectivity index (χ0n) is 14.4. The van der Waals surface area contributed by atoms with E-state index in [2.05, 4.69) is 0 Å².